The van der Waals surface area contributed by atoms with Crippen molar-refractivity contribution in [3.05, 3.63) is 57.6 Å². The van der Waals surface area contributed by atoms with Crippen LogP contribution in [0.25, 0.3) is 0 Å². The lowest BCUT2D eigenvalue weighted by Crippen LogP contribution is -2.00. The second-order valence-electron chi connectivity index (χ2n) is 5.02. The summed E-state index contributed by atoms with van der Waals surface area (Å²) in [6, 6.07) is 11.2. The zero-order valence-electron chi connectivity index (χ0n) is 12.6. The summed E-state index contributed by atoms with van der Waals surface area (Å²) < 4.78 is 5.73. The Bertz CT molecular complexity index is 681. The van der Waals surface area contributed by atoms with Gasteiger partial charge in [0, 0.05) is 19.2 Å². The van der Waals surface area contributed by atoms with Crippen molar-refractivity contribution in [1.82, 2.24) is 0 Å². The molecule has 0 aliphatic carbocycles. The largest absolute Gasteiger partial charge is 0.486 e. The van der Waals surface area contributed by atoms with Gasteiger partial charge in [-0.3, -0.25) is 4.79 Å². The van der Waals surface area contributed by atoms with E-state index in [1.54, 1.807) is 12.1 Å². The van der Waals surface area contributed by atoms with Crippen LogP contribution < -0.4 is 10.1 Å². The first kappa shape index (κ1) is 17.4. The van der Waals surface area contributed by atoms with Crippen molar-refractivity contribution in [2.45, 2.75) is 19.4 Å². The van der Waals surface area contributed by atoms with Crippen LogP contribution in [-0.4, -0.2) is 18.1 Å². The van der Waals surface area contributed by atoms with Gasteiger partial charge in [-0.1, -0.05) is 35.3 Å². The lowest BCUT2D eigenvalue weighted by Gasteiger charge is -2.12. The van der Waals surface area contributed by atoms with E-state index in [2.05, 4.69) is 5.32 Å². The fourth-order valence-corrected chi connectivity index (χ4v) is 2.76. The van der Waals surface area contributed by atoms with E-state index in [-0.39, 0.29) is 6.42 Å². The predicted octanol–water partition coefficient (Wildman–Crippen LogP) is 4.63. The van der Waals surface area contributed by atoms with Gasteiger partial charge in [0.05, 0.1) is 10.0 Å². The van der Waals surface area contributed by atoms with E-state index in [0.717, 1.165) is 16.8 Å². The fraction of sp³-hybridized carbons (Fsp3) is 0.235. The molecule has 0 amide bonds. The summed E-state index contributed by atoms with van der Waals surface area (Å²) in [7, 11) is 1.85. The molecule has 23 heavy (non-hydrogen) atoms. The van der Waals surface area contributed by atoms with Gasteiger partial charge in [-0.15, -0.1) is 0 Å². The second kappa shape index (κ2) is 8.09. The van der Waals surface area contributed by atoms with Crippen molar-refractivity contribution < 1.29 is 14.6 Å². The number of hydrogen-bond donors (Lipinski definition) is 2. The zero-order chi connectivity index (χ0) is 16.8. The number of carbonyl (C=O) groups is 1. The minimum absolute atomic E-state index is 0.0314. The number of anilines is 1. The average molecular weight is 354 g/mol. The monoisotopic (exact) mass is 353 g/mol. The van der Waals surface area contributed by atoms with Crippen LogP contribution in [0.5, 0.6) is 5.75 Å². The normalized spacial score (nSPS) is 10.4. The molecule has 4 nitrogen and oxygen atoms in total. The van der Waals surface area contributed by atoms with Gasteiger partial charge in [0.2, 0.25) is 0 Å². The molecular formula is C17H17Cl2NO3. The number of aryl methyl sites for hydroxylation is 1. The highest BCUT2D eigenvalue weighted by Crippen LogP contribution is 2.35. The van der Waals surface area contributed by atoms with Gasteiger partial charge in [-0.25, -0.2) is 0 Å². The van der Waals surface area contributed by atoms with Crippen LogP contribution in [0.15, 0.2) is 36.4 Å². The number of carboxylic acids is 1. The standard InChI is InChI=1S/C17H17Cl2NO3/c1-20-13-4-2-3-12(7-13)10-23-17-14(18)8-11(9-15(17)19)5-6-16(21)22/h2-4,7-9,20H,5-6,10H2,1H3,(H,21,22). The molecular weight excluding hydrogens is 337 g/mol. The molecule has 0 saturated heterocycles. The van der Waals surface area contributed by atoms with E-state index in [0.29, 0.717) is 28.8 Å². The van der Waals surface area contributed by atoms with Crippen LogP contribution in [0, 0.1) is 0 Å². The van der Waals surface area contributed by atoms with Crippen molar-refractivity contribution in [3.8, 4) is 5.75 Å². The Labute approximate surface area is 145 Å². The third-order valence-electron chi connectivity index (χ3n) is 3.28. The van der Waals surface area contributed by atoms with Crippen LogP contribution in [0.3, 0.4) is 0 Å². The molecule has 122 valence electrons. The topological polar surface area (TPSA) is 58.6 Å². The number of nitrogens with one attached hydrogen (secondary N) is 1. The predicted molar refractivity (Wildman–Crippen MR) is 92.7 cm³/mol. The molecule has 2 rings (SSSR count). The van der Waals surface area contributed by atoms with Gasteiger partial charge in [-0.2, -0.15) is 0 Å². The summed E-state index contributed by atoms with van der Waals surface area (Å²) in [6.07, 6.45) is 0.406. The first-order valence-electron chi connectivity index (χ1n) is 7.09. The average Bonchev–Trinajstić information content (AvgIpc) is 2.52. The molecule has 0 aliphatic rings. The molecule has 2 N–H and O–H groups in total. The Balaban J connectivity index is 2.09. The van der Waals surface area contributed by atoms with Crippen molar-refractivity contribution in [2.75, 3.05) is 12.4 Å². The van der Waals surface area contributed by atoms with E-state index in [9.17, 15) is 4.79 Å². The molecule has 0 aliphatic heterocycles. The van der Waals surface area contributed by atoms with Gasteiger partial charge < -0.3 is 15.2 Å². The van der Waals surface area contributed by atoms with Crippen molar-refractivity contribution >= 4 is 34.9 Å². The minimum Gasteiger partial charge on any atom is -0.486 e. The van der Waals surface area contributed by atoms with E-state index < -0.39 is 5.97 Å². The lowest BCUT2D eigenvalue weighted by atomic mass is 10.1. The maximum absolute atomic E-state index is 10.6. The molecule has 0 aromatic heterocycles. The Morgan fingerprint density at radius 3 is 2.48 bits per heavy atom. The highest BCUT2D eigenvalue weighted by atomic mass is 35.5. The highest BCUT2D eigenvalue weighted by Gasteiger charge is 2.11. The van der Waals surface area contributed by atoms with Gasteiger partial charge in [0.25, 0.3) is 0 Å². The summed E-state index contributed by atoms with van der Waals surface area (Å²) in [5.74, 6) is -0.454. The Hall–Kier alpha value is -1.91. The molecule has 2 aromatic rings. The van der Waals surface area contributed by atoms with E-state index >= 15 is 0 Å². The zero-order valence-corrected chi connectivity index (χ0v) is 14.1. The van der Waals surface area contributed by atoms with E-state index in [1.165, 1.54) is 0 Å². The summed E-state index contributed by atoms with van der Waals surface area (Å²) in [6.45, 7) is 0.337. The Morgan fingerprint density at radius 1 is 1.17 bits per heavy atom. The summed E-state index contributed by atoms with van der Waals surface area (Å²) in [5.41, 5.74) is 2.75. The third kappa shape index (κ3) is 5.05. The van der Waals surface area contributed by atoms with Crippen molar-refractivity contribution in [2.24, 2.45) is 0 Å². The number of rotatable bonds is 7. The molecule has 0 atom stereocenters. The number of ether oxygens (including phenoxy) is 1. The number of halogens is 2. The Morgan fingerprint density at radius 2 is 1.87 bits per heavy atom. The van der Waals surface area contributed by atoms with Crippen molar-refractivity contribution in [3.63, 3.8) is 0 Å². The molecule has 6 heteroatoms. The minimum atomic E-state index is -0.859. The molecule has 0 fully saturated rings. The maximum Gasteiger partial charge on any atom is 0.303 e. The summed E-state index contributed by atoms with van der Waals surface area (Å²) in [5, 5.41) is 12.5. The third-order valence-corrected chi connectivity index (χ3v) is 3.85. The maximum atomic E-state index is 10.6. The molecule has 0 spiro atoms. The summed E-state index contributed by atoms with van der Waals surface area (Å²) >= 11 is 12.4. The van der Waals surface area contributed by atoms with Gasteiger partial charge in [0.1, 0.15) is 6.61 Å². The lowest BCUT2D eigenvalue weighted by molar-refractivity contribution is -0.136. The summed E-state index contributed by atoms with van der Waals surface area (Å²) in [4.78, 5) is 10.6. The van der Waals surface area contributed by atoms with Crippen LogP contribution >= 0.6 is 23.2 Å². The number of hydrogen-bond acceptors (Lipinski definition) is 3. The fourth-order valence-electron chi connectivity index (χ4n) is 2.12. The smallest absolute Gasteiger partial charge is 0.303 e. The molecule has 0 unspecified atom stereocenters. The number of carboxylic acid groups (broad SMARTS) is 1. The molecule has 0 radical (unpaired) electrons. The SMILES string of the molecule is CNc1cccc(COc2c(Cl)cc(CCC(=O)O)cc2Cl)c1. The molecule has 0 heterocycles. The van der Waals surface area contributed by atoms with Gasteiger partial charge in [0.15, 0.2) is 5.75 Å². The molecule has 2 aromatic carbocycles. The van der Waals surface area contributed by atoms with Crippen LogP contribution in [-0.2, 0) is 17.8 Å². The molecule has 0 bridgehead atoms. The first-order chi connectivity index (χ1) is 11.0. The first-order valence-corrected chi connectivity index (χ1v) is 7.84. The number of aliphatic carboxylic acids is 1. The number of benzene rings is 2. The second-order valence-corrected chi connectivity index (χ2v) is 5.84. The van der Waals surface area contributed by atoms with E-state index in [1.807, 2.05) is 31.3 Å². The van der Waals surface area contributed by atoms with Gasteiger partial charge in [-0.05, 0) is 41.8 Å². The van der Waals surface area contributed by atoms with Gasteiger partial charge >= 0.3 is 5.97 Å². The Kier molecular flexibility index (Phi) is 6.13. The highest BCUT2D eigenvalue weighted by molar-refractivity contribution is 6.37. The molecule has 0 saturated carbocycles. The quantitative estimate of drug-likeness (QED) is 0.761. The van der Waals surface area contributed by atoms with E-state index in [4.69, 9.17) is 33.0 Å². The van der Waals surface area contributed by atoms with Crippen LogP contribution in [0.2, 0.25) is 10.0 Å². The van der Waals surface area contributed by atoms with Crippen LogP contribution in [0.4, 0.5) is 5.69 Å². The van der Waals surface area contributed by atoms with Crippen molar-refractivity contribution in [1.29, 1.82) is 0 Å². The van der Waals surface area contributed by atoms with Crippen LogP contribution in [0.1, 0.15) is 17.5 Å².